The molecule has 1 aromatic heterocycles. The molecule has 0 saturated heterocycles. The van der Waals surface area contributed by atoms with Crippen molar-refractivity contribution in [2.45, 2.75) is 60.5 Å². The summed E-state index contributed by atoms with van der Waals surface area (Å²) in [6.07, 6.45) is 0. The first-order valence-electron chi connectivity index (χ1n) is 7.40. The second-order valence-corrected chi connectivity index (χ2v) is 8.00. The van der Waals surface area contributed by atoms with E-state index in [2.05, 4.69) is 82.8 Å². The Bertz CT molecular complexity index is 439. The van der Waals surface area contributed by atoms with Crippen molar-refractivity contribution in [2.24, 2.45) is 5.41 Å². The molecule has 3 heteroatoms. The molecule has 0 aliphatic carbocycles. The predicted molar refractivity (Wildman–Crippen MR) is 88.3 cm³/mol. The summed E-state index contributed by atoms with van der Waals surface area (Å²) in [5.74, 6) is 1.06. The predicted octanol–water partition coefficient (Wildman–Crippen LogP) is 3.76. The topological polar surface area (TPSA) is 28.2 Å². The fourth-order valence-electron chi connectivity index (χ4n) is 2.18. The Morgan fingerprint density at radius 3 is 2.20 bits per heavy atom. The van der Waals surface area contributed by atoms with E-state index in [9.17, 15) is 0 Å². The van der Waals surface area contributed by atoms with Crippen LogP contribution >= 0.6 is 0 Å². The van der Waals surface area contributed by atoms with Crippen LogP contribution in [0.5, 0.6) is 0 Å². The summed E-state index contributed by atoms with van der Waals surface area (Å²) in [5.41, 5.74) is 2.77. The molecule has 0 fully saturated rings. The molecule has 0 aromatic carbocycles. The number of hydrogen-bond acceptors (Lipinski definition) is 3. The van der Waals surface area contributed by atoms with Crippen LogP contribution in [0.15, 0.2) is 12.1 Å². The average molecular weight is 277 g/mol. The van der Waals surface area contributed by atoms with Crippen LogP contribution in [-0.2, 0) is 6.54 Å². The molecular formula is C17H31N3. The van der Waals surface area contributed by atoms with Gasteiger partial charge < -0.3 is 10.2 Å². The first kappa shape index (κ1) is 17.0. The minimum atomic E-state index is 0.134. The Balaban J connectivity index is 2.86. The fourth-order valence-corrected chi connectivity index (χ4v) is 2.18. The van der Waals surface area contributed by atoms with Crippen molar-refractivity contribution in [3.05, 3.63) is 23.4 Å². The summed E-state index contributed by atoms with van der Waals surface area (Å²) in [5, 5.41) is 3.53. The second kappa shape index (κ2) is 6.13. The number of hydrogen-bond donors (Lipinski definition) is 1. The minimum absolute atomic E-state index is 0.134. The van der Waals surface area contributed by atoms with Crippen LogP contribution in [0.4, 0.5) is 5.82 Å². The highest BCUT2D eigenvalue weighted by Gasteiger charge is 2.16. The molecule has 1 N–H and O–H groups in total. The fraction of sp³-hybridized carbons (Fsp3) is 0.706. The minimum Gasteiger partial charge on any atom is -0.359 e. The van der Waals surface area contributed by atoms with Gasteiger partial charge in [0.15, 0.2) is 0 Å². The lowest BCUT2D eigenvalue weighted by molar-refractivity contribution is 0.417. The molecule has 0 bridgehead atoms. The lowest BCUT2D eigenvalue weighted by Gasteiger charge is -2.28. The van der Waals surface area contributed by atoms with E-state index in [0.717, 1.165) is 24.6 Å². The van der Waals surface area contributed by atoms with Gasteiger partial charge in [0.25, 0.3) is 0 Å². The van der Waals surface area contributed by atoms with Gasteiger partial charge in [-0.1, -0.05) is 20.8 Å². The van der Waals surface area contributed by atoms with Crippen LogP contribution in [-0.4, -0.2) is 24.1 Å². The standard InChI is InChI=1S/C17H31N3/c1-13-9-14(11-18-17(5,6)7)10-15(19-13)20(8)12-16(2,3)4/h9-10,18H,11-12H2,1-8H3. The average Bonchev–Trinajstić information content (AvgIpc) is 2.22. The van der Waals surface area contributed by atoms with Crippen molar-refractivity contribution in [3.8, 4) is 0 Å². The Morgan fingerprint density at radius 1 is 1.10 bits per heavy atom. The Kier molecular flexibility index (Phi) is 5.20. The van der Waals surface area contributed by atoms with Gasteiger partial charge in [0.05, 0.1) is 0 Å². The molecular weight excluding hydrogens is 246 g/mol. The van der Waals surface area contributed by atoms with Gasteiger partial charge in [-0.15, -0.1) is 0 Å². The largest absolute Gasteiger partial charge is 0.359 e. The van der Waals surface area contributed by atoms with Gasteiger partial charge in [-0.2, -0.15) is 0 Å². The Morgan fingerprint density at radius 2 is 1.70 bits per heavy atom. The molecule has 0 amide bonds. The summed E-state index contributed by atoms with van der Waals surface area (Å²) in [6.45, 7) is 17.3. The lowest BCUT2D eigenvalue weighted by Crippen LogP contribution is -2.35. The molecule has 1 aromatic rings. The number of nitrogens with one attached hydrogen (secondary N) is 1. The van der Waals surface area contributed by atoms with Crippen molar-refractivity contribution in [1.29, 1.82) is 0 Å². The monoisotopic (exact) mass is 277 g/mol. The number of aryl methyl sites for hydroxylation is 1. The van der Waals surface area contributed by atoms with Gasteiger partial charge in [-0.3, -0.25) is 0 Å². The first-order valence-corrected chi connectivity index (χ1v) is 7.40. The molecule has 1 rings (SSSR count). The molecule has 0 spiro atoms. The van der Waals surface area contributed by atoms with E-state index >= 15 is 0 Å². The zero-order valence-electron chi connectivity index (χ0n) is 14.5. The number of pyridine rings is 1. The number of nitrogens with zero attached hydrogens (tertiary/aromatic N) is 2. The zero-order chi connectivity index (χ0) is 15.6. The van der Waals surface area contributed by atoms with Crippen molar-refractivity contribution in [2.75, 3.05) is 18.5 Å². The molecule has 0 saturated carbocycles. The van der Waals surface area contributed by atoms with Crippen LogP contribution in [0.2, 0.25) is 0 Å². The summed E-state index contributed by atoms with van der Waals surface area (Å²) >= 11 is 0. The van der Waals surface area contributed by atoms with Gasteiger partial charge >= 0.3 is 0 Å². The van der Waals surface area contributed by atoms with E-state index in [0.29, 0.717) is 0 Å². The lowest BCUT2D eigenvalue weighted by atomic mass is 9.96. The van der Waals surface area contributed by atoms with Gasteiger partial charge in [-0.25, -0.2) is 4.98 Å². The maximum Gasteiger partial charge on any atom is 0.128 e. The van der Waals surface area contributed by atoms with Gasteiger partial charge in [0, 0.05) is 31.4 Å². The van der Waals surface area contributed by atoms with E-state index in [1.165, 1.54) is 5.56 Å². The maximum absolute atomic E-state index is 4.66. The Hall–Kier alpha value is -1.09. The number of rotatable bonds is 4. The number of anilines is 1. The Labute approximate surface area is 124 Å². The van der Waals surface area contributed by atoms with Crippen LogP contribution in [0.25, 0.3) is 0 Å². The highest BCUT2D eigenvalue weighted by molar-refractivity contribution is 5.42. The highest BCUT2D eigenvalue weighted by atomic mass is 15.2. The van der Waals surface area contributed by atoms with Gasteiger partial charge in [0.1, 0.15) is 5.82 Å². The third-order valence-electron chi connectivity index (χ3n) is 2.93. The van der Waals surface area contributed by atoms with Crippen LogP contribution < -0.4 is 10.2 Å². The number of aromatic nitrogens is 1. The van der Waals surface area contributed by atoms with E-state index in [1.807, 2.05) is 0 Å². The molecule has 0 radical (unpaired) electrons. The van der Waals surface area contributed by atoms with Crippen molar-refractivity contribution < 1.29 is 0 Å². The SMILES string of the molecule is Cc1cc(CNC(C)(C)C)cc(N(C)CC(C)(C)C)n1. The van der Waals surface area contributed by atoms with Crippen LogP contribution in [0.3, 0.4) is 0 Å². The van der Waals surface area contributed by atoms with E-state index < -0.39 is 0 Å². The van der Waals surface area contributed by atoms with Crippen molar-refractivity contribution in [1.82, 2.24) is 10.3 Å². The second-order valence-electron chi connectivity index (χ2n) is 8.00. The molecule has 0 aliphatic heterocycles. The third kappa shape index (κ3) is 6.38. The molecule has 1 heterocycles. The van der Waals surface area contributed by atoms with E-state index in [1.54, 1.807) is 0 Å². The normalized spacial score (nSPS) is 12.6. The van der Waals surface area contributed by atoms with Crippen LogP contribution in [0, 0.1) is 12.3 Å². The maximum atomic E-state index is 4.66. The smallest absolute Gasteiger partial charge is 0.128 e. The summed E-state index contributed by atoms with van der Waals surface area (Å²) in [6, 6.07) is 4.35. The summed E-state index contributed by atoms with van der Waals surface area (Å²) in [7, 11) is 2.12. The molecule has 3 nitrogen and oxygen atoms in total. The zero-order valence-corrected chi connectivity index (χ0v) is 14.5. The van der Waals surface area contributed by atoms with Crippen molar-refractivity contribution in [3.63, 3.8) is 0 Å². The van der Waals surface area contributed by atoms with Crippen LogP contribution in [0.1, 0.15) is 52.8 Å². The third-order valence-corrected chi connectivity index (χ3v) is 2.93. The van der Waals surface area contributed by atoms with Gasteiger partial charge in [0.2, 0.25) is 0 Å². The van der Waals surface area contributed by atoms with E-state index in [-0.39, 0.29) is 11.0 Å². The highest BCUT2D eigenvalue weighted by Crippen LogP contribution is 2.20. The molecule has 0 atom stereocenters. The van der Waals surface area contributed by atoms with E-state index in [4.69, 9.17) is 0 Å². The summed E-state index contributed by atoms with van der Waals surface area (Å²) in [4.78, 5) is 6.90. The van der Waals surface area contributed by atoms with Crippen molar-refractivity contribution >= 4 is 5.82 Å². The quantitative estimate of drug-likeness (QED) is 0.908. The first-order chi connectivity index (χ1) is 8.96. The molecule has 0 unspecified atom stereocenters. The molecule has 114 valence electrons. The molecule has 20 heavy (non-hydrogen) atoms. The summed E-state index contributed by atoms with van der Waals surface area (Å²) < 4.78 is 0. The molecule has 0 aliphatic rings. The van der Waals surface area contributed by atoms with Gasteiger partial charge in [-0.05, 0) is 50.8 Å².